The van der Waals surface area contributed by atoms with Crippen molar-refractivity contribution in [1.29, 1.82) is 0 Å². The van der Waals surface area contributed by atoms with E-state index < -0.39 is 0 Å². The molecule has 0 atom stereocenters. The number of nitrogens with one attached hydrogen (secondary N) is 1. The molecule has 0 amide bonds. The summed E-state index contributed by atoms with van der Waals surface area (Å²) in [5.41, 5.74) is 5.30. The number of aromatic nitrogens is 6. The van der Waals surface area contributed by atoms with Gasteiger partial charge in [-0.25, -0.2) is 9.97 Å². The molecule has 8 nitrogen and oxygen atoms in total. The quantitative estimate of drug-likeness (QED) is 0.393. The normalized spacial score (nSPS) is 11.1. The summed E-state index contributed by atoms with van der Waals surface area (Å²) >= 11 is 0. The smallest absolute Gasteiger partial charge is 0.186 e. The van der Waals surface area contributed by atoms with Crippen LogP contribution in [0.4, 0.5) is 5.82 Å². The van der Waals surface area contributed by atoms with Crippen LogP contribution in [0.2, 0.25) is 0 Å². The van der Waals surface area contributed by atoms with E-state index in [1.165, 1.54) is 16.7 Å². The number of benzene rings is 2. The Morgan fingerprint density at radius 3 is 2.48 bits per heavy atom. The van der Waals surface area contributed by atoms with Gasteiger partial charge in [0.05, 0.1) is 25.6 Å². The first kappa shape index (κ1) is 20.7. The first-order chi connectivity index (χ1) is 16.2. The van der Waals surface area contributed by atoms with Crippen LogP contribution in [0.3, 0.4) is 0 Å². The van der Waals surface area contributed by atoms with Gasteiger partial charge in [-0.15, -0.1) is 0 Å². The predicted octanol–water partition coefficient (Wildman–Crippen LogP) is 4.05. The lowest BCUT2D eigenvalue weighted by Crippen LogP contribution is -2.04. The van der Waals surface area contributed by atoms with E-state index in [-0.39, 0.29) is 0 Å². The number of ether oxygens (including phenoxy) is 1. The molecule has 8 heteroatoms. The summed E-state index contributed by atoms with van der Waals surface area (Å²) in [5.74, 6) is 1.61. The Morgan fingerprint density at radius 1 is 0.970 bits per heavy atom. The van der Waals surface area contributed by atoms with Crippen LogP contribution < -0.4 is 10.1 Å². The molecule has 0 bridgehead atoms. The molecule has 3 heterocycles. The van der Waals surface area contributed by atoms with Crippen LogP contribution in [-0.2, 0) is 19.6 Å². The Kier molecular flexibility index (Phi) is 5.72. The van der Waals surface area contributed by atoms with Gasteiger partial charge in [-0.05, 0) is 30.2 Å². The number of fused-ring (bicyclic) bond motifs is 1. The number of hydrogen-bond donors (Lipinski definition) is 1. The van der Waals surface area contributed by atoms with E-state index >= 15 is 0 Å². The molecular weight excluding hydrogens is 414 g/mol. The second kappa shape index (κ2) is 9.12. The van der Waals surface area contributed by atoms with Gasteiger partial charge in [-0.1, -0.05) is 42.0 Å². The zero-order valence-corrected chi connectivity index (χ0v) is 18.6. The van der Waals surface area contributed by atoms with Crippen LogP contribution in [0.5, 0.6) is 5.75 Å². The molecule has 3 aromatic heterocycles. The Balaban J connectivity index is 1.31. The summed E-state index contributed by atoms with van der Waals surface area (Å²) in [6, 6.07) is 16.6. The third-order valence-corrected chi connectivity index (χ3v) is 5.52. The number of rotatable bonds is 8. The van der Waals surface area contributed by atoms with Crippen molar-refractivity contribution < 1.29 is 4.74 Å². The fourth-order valence-corrected chi connectivity index (χ4v) is 3.85. The average Bonchev–Trinajstić information content (AvgIpc) is 3.48. The van der Waals surface area contributed by atoms with Gasteiger partial charge in [0.2, 0.25) is 0 Å². The van der Waals surface area contributed by atoms with Gasteiger partial charge in [0.1, 0.15) is 17.9 Å². The molecule has 166 valence electrons. The molecular formula is C25H25N7O. The molecule has 0 fully saturated rings. The second-order valence-electron chi connectivity index (χ2n) is 7.98. The van der Waals surface area contributed by atoms with Crippen molar-refractivity contribution in [3.8, 4) is 5.75 Å². The van der Waals surface area contributed by atoms with Crippen LogP contribution in [0.25, 0.3) is 11.0 Å². The van der Waals surface area contributed by atoms with Crippen LogP contribution in [0.1, 0.15) is 22.3 Å². The average molecular weight is 440 g/mol. The lowest BCUT2D eigenvalue weighted by Gasteiger charge is -2.11. The van der Waals surface area contributed by atoms with Crippen molar-refractivity contribution in [2.75, 3.05) is 12.4 Å². The molecule has 0 unspecified atom stereocenters. The van der Waals surface area contributed by atoms with Crippen molar-refractivity contribution >= 4 is 16.9 Å². The Morgan fingerprint density at radius 2 is 1.76 bits per heavy atom. The van der Waals surface area contributed by atoms with Crippen LogP contribution in [-0.4, -0.2) is 36.6 Å². The Hall–Kier alpha value is -4.20. The van der Waals surface area contributed by atoms with Crippen molar-refractivity contribution in [2.24, 2.45) is 0 Å². The van der Waals surface area contributed by atoms with Gasteiger partial charge < -0.3 is 10.1 Å². The minimum atomic E-state index is 0.597. The van der Waals surface area contributed by atoms with Crippen LogP contribution >= 0.6 is 0 Å². The maximum atomic E-state index is 5.49. The molecule has 5 aromatic rings. The number of aryl methyl sites for hydroxylation is 1. The topological polar surface area (TPSA) is 82.7 Å². The molecule has 2 aromatic carbocycles. The molecule has 5 rings (SSSR count). The van der Waals surface area contributed by atoms with Gasteiger partial charge >= 0.3 is 0 Å². The van der Waals surface area contributed by atoms with Crippen LogP contribution in [0.15, 0.2) is 73.4 Å². The van der Waals surface area contributed by atoms with Crippen molar-refractivity contribution in [2.45, 2.75) is 26.6 Å². The number of nitrogens with zero attached hydrogens (tertiary/aromatic N) is 6. The van der Waals surface area contributed by atoms with E-state index in [9.17, 15) is 0 Å². The fourth-order valence-electron chi connectivity index (χ4n) is 3.85. The van der Waals surface area contributed by atoms with Gasteiger partial charge in [-0.3, -0.25) is 9.36 Å². The lowest BCUT2D eigenvalue weighted by molar-refractivity contribution is 0.410. The van der Waals surface area contributed by atoms with Crippen LogP contribution in [0, 0.1) is 6.92 Å². The maximum absolute atomic E-state index is 5.49. The zero-order chi connectivity index (χ0) is 22.6. The van der Waals surface area contributed by atoms with E-state index in [1.54, 1.807) is 19.6 Å². The van der Waals surface area contributed by atoms with Gasteiger partial charge in [0, 0.05) is 30.7 Å². The summed E-state index contributed by atoms with van der Waals surface area (Å²) in [5, 5.41) is 13.2. The third kappa shape index (κ3) is 4.69. The Bertz CT molecular complexity index is 1360. The number of methoxy groups -OCH3 is 1. The fraction of sp³-hybridized carbons (Fsp3) is 0.200. The Labute approximate surface area is 191 Å². The molecule has 0 aliphatic heterocycles. The van der Waals surface area contributed by atoms with Crippen molar-refractivity contribution in [3.05, 3.63) is 95.7 Å². The molecule has 0 saturated carbocycles. The highest BCUT2D eigenvalue weighted by atomic mass is 16.5. The SMILES string of the molecule is COc1ccc(C)cc1CNc1ncnc2nn(Cc3ccc(Cn4cccn4)cc3)cc12. The second-order valence-corrected chi connectivity index (χ2v) is 7.98. The van der Waals surface area contributed by atoms with E-state index in [0.29, 0.717) is 18.7 Å². The maximum Gasteiger partial charge on any atom is 0.186 e. The largest absolute Gasteiger partial charge is 0.496 e. The summed E-state index contributed by atoms with van der Waals surface area (Å²) in [7, 11) is 1.69. The number of hydrogen-bond acceptors (Lipinski definition) is 6. The lowest BCUT2D eigenvalue weighted by atomic mass is 10.1. The van der Waals surface area contributed by atoms with Crippen molar-refractivity contribution in [1.82, 2.24) is 29.5 Å². The van der Waals surface area contributed by atoms with Crippen molar-refractivity contribution in [3.63, 3.8) is 0 Å². The highest BCUT2D eigenvalue weighted by Gasteiger charge is 2.10. The summed E-state index contributed by atoms with van der Waals surface area (Å²) in [6.07, 6.45) is 7.29. The molecule has 0 aliphatic rings. The summed E-state index contributed by atoms with van der Waals surface area (Å²) in [6.45, 7) is 4.08. The standard InChI is InChI=1S/C25H25N7O/c1-18-4-9-23(33-2)21(12-18)13-26-24-22-16-32(30-25(22)28-17-27-24)15-20-7-5-19(6-8-20)14-31-11-3-10-29-31/h3-12,16-17H,13-15H2,1-2H3,(H,26,27,28,30). The third-order valence-electron chi connectivity index (χ3n) is 5.52. The first-order valence-electron chi connectivity index (χ1n) is 10.8. The first-order valence-corrected chi connectivity index (χ1v) is 10.8. The highest BCUT2D eigenvalue weighted by Crippen LogP contribution is 2.23. The summed E-state index contributed by atoms with van der Waals surface area (Å²) < 4.78 is 9.30. The molecule has 0 spiro atoms. The van der Waals surface area contributed by atoms with E-state index in [2.05, 4.69) is 62.7 Å². The molecule has 0 radical (unpaired) electrons. The van der Waals surface area contributed by atoms with E-state index in [0.717, 1.165) is 29.1 Å². The van der Waals surface area contributed by atoms with Gasteiger partial charge in [0.15, 0.2) is 5.65 Å². The molecule has 0 aliphatic carbocycles. The molecule has 0 saturated heterocycles. The van der Waals surface area contributed by atoms with Gasteiger partial charge in [0.25, 0.3) is 0 Å². The summed E-state index contributed by atoms with van der Waals surface area (Å²) in [4.78, 5) is 8.79. The minimum Gasteiger partial charge on any atom is -0.496 e. The molecule has 33 heavy (non-hydrogen) atoms. The van der Waals surface area contributed by atoms with E-state index in [4.69, 9.17) is 4.74 Å². The zero-order valence-electron chi connectivity index (χ0n) is 18.6. The van der Waals surface area contributed by atoms with E-state index in [1.807, 2.05) is 40.0 Å². The molecule has 1 N–H and O–H groups in total. The number of anilines is 1. The monoisotopic (exact) mass is 439 g/mol. The highest BCUT2D eigenvalue weighted by molar-refractivity contribution is 5.85. The predicted molar refractivity (Wildman–Crippen MR) is 127 cm³/mol. The minimum absolute atomic E-state index is 0.597. The van der Waals surface area contributed by atoms with Gasteiger partial charge in [-0.2, -0.15) is 10.2 Å².